The lowest BCUT2D eigenvalue weighted by molar-refractivity contribution is 0.104. The molecule has 1 aliphatic rings. The summed E-state index contributed by atoms with van der Waals surface area (Å²) in [6.07, 6.45) is -0.0598. The van der Waals surface area contributed by atoms with Crippen LogP contribution in [-0.4, -0.2) is 27.7 Å². The van der Waals surface area contributed by atoms with E-state index in [-0.39, 0.29) is 6.42 Å². The van der Waals surface area contributed by atoms with E-state index >= 15 is 0 Å². The van der Waals surface area contributed by atoms with Gasteiger partial charge in [-0.25, -0.2) is 8.78 Å². The van der Waals surface area contributed by atoms with Gasteiger partial charge in [0.05, 0.1) is 5.54 Å². The first-order chi connectivity index (χ1) is 5.96. The predicted octanol–water partition coefficient (Wildman–Crippen LogP) is 2.54. The minimum Gasteiger partial charge on any atom is -0.394 e. The monoisotopic (exact) mass is 210 g/mol. The fraction of sp³-hybridized carbons (Fsp3) is 1.00. The molecule has 5 heteroatoms. The van der Waals surface area contributed by atoms with Crippen LogP contribution in [0, 0.1) is 0 Å². The maximum Gasteiger partial charge on any atom is 0.344 e. The zero-order valence-electron chi connectivity index (χ0n) is 8.27. The summed E-state index contributed by atoms with van der Waals surface area (Å²) >= 11 is 0. The molecule has 1 atom stereocenters. The first-order valence-electron chi connectivity index (χ1n) is 4.62. The molecule has 1 rings (SSSR count). The smallest absolute Gasteiger partial charge is 0.344 e. The average molecular weight is 210 g/mol. The molecule has 2 nitrogen and oxygen atoms in total. The Hall–Kier alpha value is -0.00312. The molecular weight excluding hydrogens is 194 g/mol. The molecule has 0 N–H and O–H groups in total. The third-order valence-electron chi connectivity index (χ3n) is 2.32. The summed E-state index contributed by atoms with van der Waals surface area (Å²) < 4.78 is 36.4. The highest BCUT2D eigenvalue weighted by molar-refractivity contribution is 6.69. The van der Waals surface area contributed by atoms with E-state index in [0.717, 1.165) is 0 Å². The second-order valence-electron chi connectivity index (χ2n) is 3.40. The topological polar surface area (TPSA) is 18.5 Å². The van der Waals surface area contributed by atoms with Crippen molar-refractivity contribution in [3.05, 3.63) is 0 Å². The van der Waals surface area contributed by atoms with Crippen molar-refractivity contribution >= 4 is 8.56 Å². The van der Waals surface area contributed by atoms with Crippen molar-refractivity contribution in [2.45, 2.75) is 38.3 Å². The van der Waals surface area contributed by atoms with Crippen molar-refractivity contribution < 1.29 is 17.6 Å². The van der Waals surface area contributed by atoms with Crippen LogP contribution in [-0.2, 0) is 8.85 Å². The number of hydrogen-bond acceptors (Lipinski definition) is 2. The Morgan fingerprint density at radius 3 is 1.92 bits per heavy atom. The number of rotatable bonds is 5. The normalized spacial score (nSPS) is 26.1. The molecule has 0 radical (unpaired) electrons. The van der Waals surface area contributed by atoms with E-state index in [1.165, 1.54) is 0 Å². The molecule has 0 bridgehead atoms. The highest BCUT2D eigenvalue weighted by atomic mass is 28.4. The van der Waals surface area contributed by atoms with E-state index in [4.69, 9.17) is 8.85 Å². The molecule has 1 fully saturated rings. The van der Waals surface area contributed by atoms with Gasteiger partial charge in [0.15, 0.2) is 0 Å². The Morgan fingerprint density at radius 1 is 1.31 bits per heavy atom. The first kappa shape index (κ1) is 11.1. The minimum atomic E-state index is -2.60. The molecule has 0 aliphatic heterocycles. The molecule has 1 saturated carbocycles. The van der Waals surface area contributed by atoms with Crippen LogP contribution in [0.15, 0.2) is 0 Å². The van der Waals surface area contributed by atoms with Gasteiger partial charge in [0, 0.05) is 19.6 Å². The van der Waals surface area contributed by atoms with Crippen LogP contribution in [0.1, 0.15) is 20.3 Å². The van der Waals surface area contributed by atoms with E-state index in [1.54, 1.807) is 6.55 Å². The molecule has 13 heavy (non-hydrogen) atoms. The Labute approximate surface area is 78.5 Å². The summed E-state index contributed by atoms with van der Waals surface area (Å²) in [7, 11) is -2.60. The van der Waals surface area contributed by atoms with Crippen LogP contribution in [0.25, 0.3) is 0 Å². The fourth-order valence-corrected chi connectivity index (χ4v) is 4.64. The van der Waals surface area contributed by atoms with Gasteiger partial charge >= 0.3 is 8.56 Å². The summed E-state index contributed by atoms with van der Waals surface area (Å²) in [4.78, 5) is 0. The SMILES string of the molecule is CCO[Si](C)(OCC)C1CC1(F)F. The molecule has 1 aliphatic carbocycles. The third kappa shape index (κ3) is 2.27. The zero-order valence-corrected chi connectivity index (χ0v) is 9.27. The largest absolute Gasteiger partial charge is 0.394 e. The van der Waals surface area contributed by atoms with Crippen LogP contribution in [0.3, 0.4) is 0 Å². The highest BCUT2D eigenvalue weighted by Crippen LogP contribution is 2.59. The van der Waals surface area contributed by atoms with E-state index in [1.807, 2.05) is 13.8 Å². The van der Waals surface area contributed by atoms with Gasteiger partial charge in [0.1, 0.15) is 0 Å². The van der Waals surface area contributed by atoms with Crippen LogP contribution < -0.4 is 0 Å². The summed E-state index contributed by atoms with van der Waals surface area (Å²) in [5, 5.41) is 0. The molecule has 0 amide bonds. The van der Waals surface area contributed by atoms with Gasteiger partial charge in [-0.1, -0.05) is 0 Å². The van der Waals surface area contributed by atoms with Crippen LogP contribution in [0.4, 0.5) is 8.78 Å². The number of alkyl halides is 2. The van der Waals surface area contributed by atoms with Crippen LogP contribution in [0.2, 0.25) is 12.1 Å². The maximum absolute atomic E-state index is 12.8. The molecule has 1 unspecified atom stereocenters. The minimum absolute atomic E-state index is 0.0598. The Bertz CT molecular complexity index is 181. The number of hydrogen-bond donors (Lipinski definition) is 0. The molecule has 0 heterocycles. The quantitative estimate of drug-likeness (QED) is 0.649. The first-order valence-corrected chi connectivity index (χ1v) is 7.01. The van der Waals surface area contributed by atoms with E-state index in [2.05, 4.69) is 0 Å². The second kappa shape index (κ2) is 3.63. The molecule has 0 saturated heterocycles. The summed E-state index contributed by atoms with van der Waals surface area (Å²) in [6.45, 7) is 6.26. The Morgan fingerprint density at radius 2 is 1.69 bits per heavy atom. The number of halogens is 2. The molecule has 0 aromatic rings. The summed E-state index contributed by atoms with van der Waals surface area (Å²) in [5.41, 5.74) is -0.639. The van der Waals surface area contributed by atoms with Gasteiger partial charge in [-0.05, 0) is 20.4 Å². The second-order valence-corrected chi connectivity index (χ2v) is 6.71. The van der Waals surface area contributed by atoms with Gasteiger partial charge in [-0.2, -0.15) is 0 Å². The van der Waals surface area contributed by atoms with Gasteiger partial charge in [-0.3, -0.25) is 0 Å². The zero-order chi connectivity index (χ0) is 10.1. The lowest BCUT2D eigenvalue weighted by Crippen LogP contribution is -2.41. The van der Waals surface area contributed by atoms with Crippen molar-refractivity contribution in [3.63, 3.8) is 0 Å². The average Bonchev–Trinajstić information content (AvgIpc) is 2.62. The lowest BCUT2D eigenvalue weighted by Gasteiger charge is -2.25. The van der Waals surface area contributed by atoms with Gasteiger partial charge in [-0.15, -0.1) is 0 Å². The van der Waals surface area contributed by atoms with Crippen LogP contribution in [0.5, 0.6) is 0 Å². The van der Waals surface area contributed by atoms with Crippen molar-refractivity contribution in [1.29, 1.82) is 0 Å². The standard InChI is InChI=1S/C8H16F2O2Si/c1-4-11-13(3,12-5-2)7-6-8(7,9)10/h7H,4-6H2,1-3H3. The molecule has 78 valence electrons. The van der Waals surface area contributed by atoms with Crippen molar-refractivity contribution in [2.75, 3.05) is 13.2 Å². The van der Waals surface area contributed by atoms with E-state index < -0.39 is 20.0 Å². The Balaban J connectivity index is 2.57. The van der Waals surface area contributed by atoms with Crippen molar-refractivity contribution in [3.8, 4) is 0 Å². The third-order valence-corrected chi connectivity index (χ3v) is 5.94. The van der Waals surface area contributed by atoms with E-state index in [0.29, 0.717) is 13.2 Å². The predicted molar refractivity (Wildman–Crippen MR) is 48.2 cm³/mol. The van der Waals surface area contributed by atoms with Crippen LogP contribution >= 0.6 is 0 Å². The highest BCUT2D eigenvalue weighted by Gasteiger charge is 2.68. The molecular formula is C8H16F2O2Si. The van der Waals surface area contributed by atoms with Crippen molar-refractivity contribution in [2.24, 2.45) is 0 Å². The van der Waals surface area contributed by atoms with Gasteiger partial charge in [0.25, 0.3) is 5.92 Å². The molecule has 0 aromatic heterocycles. The van der Waals surface area contributed by atoms with Gasteiger partial charge in [0.2, 0.25) is 0 Å². The van der Waals surface area contributed by atoms with E-state index in [9.17, 15) is 8.78 Å². The van der Waals surface area contributed by atoms with Gasteiger partial charge < -0.3 is 8.85 Å². The summed E-state index contributed by atoms with van der Waals surface area (Å²) in [6, 6.07) is 0. The summed E-state index contributed by atoms with van der Waals surface area (Å²) in [5.74, 6) is -2.54. The van der Waals surface area contributed by atoms with Crippen molar-refractivity contribution in [1.82, 2.24) is 0 Å². The maximum atomic E-state index is 12.8. The molecule has 0 spiro atoms. The fourth-order valence-electron chi connectivity index (χ4n) is 1.60. The molecule has 0 aromatic carbocycles. The Kier molecular flexibility index (Phi) is 3.09. The lowest BCUT2D eigenvalue weighted by atomic mass is 10.8.